The molecule has 10 heteroatoms. The number of benzene rings is 1. The largest absolute Gasteiger partial charge is 0.497 e. The van der Waals surface area contributed by atoms with E-state index in [-0.39, 0.29) is 46.4 Å². The van der Waals surface area contributed by atoms with E-state index in [0.29, 0.717) is 37.8 Å². The third-order valence-corrected chi connectivity index (χ3v) is 16.5. The minimum absolute atomic E-state index is 0.00401. The summed E-state index contributed by atoms with van der Waals surface area (Å²) in [5.74, 6) is 0.706. The van der Waals surface area contributed by atoms with Crippen LogP contribution >= 0.6 is 0 Å². The van der Waals surface area contributed by atoms with Gasteiger partial charge in [0.1, 0.15) is 18.1 Å². The van der Waals surface area contributed by atoms with Crippen LogP contribution in [0.5, 0.6) is 5.75 Å². The number of nitrogens with one attached hydrogen (secondary N) is 1. The Bertz CT molecular complexity index is 1780. The highest BCUT2D eigenvalue weighted by atomic mass is 16.5. The maximum atomic E-state index is 14.6. The highest BCUT2D eigenvalue weighted by Crippen LogP contribution is 2.75. The first-order valence-electron chi connectivity index (χ1n) is 22.4. The van der Waals surface area contributed by atoms with Gasteiger partial charge in [0.2, 0.25) is 0 Å². The standard InChI is InChI=1S/C49H75N3O7/c1-13-35(59-41(55)31-45(5,6)44(56)57)21-23-46(7)33(4)20-24-48(9)39(46)19-18-37-43-42(32(2)3)38(54)30-49(43,26-25-47(37,48)8)40(22-29-53)52(28-27-50-10)51(11)34-14-16-36(58-12)17-15-34/h14-17,22,29,32-33,35,37,39,50H,13,18-21,23-28,30-31H2,1-12H3,(H,56,57)/b40-22-/t33-,35?,37?,39?,46?,47-,48?,49?/m1/s1. The molecule has 59 heavy (non-hydrogen) atoms. The number of ether oxygens (including phenoxy) is 2. The third kappa shape index (κ3) is 8.25. The second-order valence-electron chi connectivity index (χ2n) is 20.2. The Kier molecular flexibility index (Phi) is 14.0. The number of Topliss-reactive ketones (excluding diaryl/α,β-unsaturated/α-hetero) is 1. The Hall–Kier alpha value is -3.66. The fraction of sp³-hybridized carbons (Fsp3) is 0.714. The molecule has 1 aromatic rings. The highest BCUT2D eigenvalue weighted by Gasteiger charge is 2.68. The van der Waals surface area contributed by atoms with E-state index in [2.05, 4.69) is 56.9 Å². The van der Waals surface area contributed by atoms with Crippen molar-refractivity contribution in [3.8, 4) is 5.75 Å². The van der Waals surface area contributed by atoms with Gasteiger partial charge in [0, 0.05) is 31.1 Å². The topological polar surface area (TPSA) is 125 Å². The summed E-state index contributed by atoms with van der Waals surface area (Å²) in [4.78, 5) is 52.1. The predicted molar refractivity (Wildman–Crippen MR) is 234 cm³/mol. The van der Waals surface area contributed by atoms with E-state index in [1.165, 1.54) is 5.57 Å². The molecule has 6 unspecified atom stereocenters. The molecular formula is C49H75N3O7. The molecule has 0 radical (unpaired) electrons. The first kappa shape index (κ1) is 46.4. The number of aldehydes is 1. The first-order chi connectivity index (χ1) is 27.7. The predicted octanol–water partition coefficient (Wildman–Crippen LogP) is 9.43. The van der Waals surface area contributed by atoms with Gasteiger partial charge in [-0.3, -0.25) is 29.2 Å². The van der Waals surface area contributed by atoms with Crippen molar-refractivity contribution in [1.29, 1.82) is 0 Å². The molecule has 0 saturated heterocycles. The molecule has 0 aliphatic heterocycles. The number of nitrogens with zero attached hydrogens (tertiary/aromatic N) is 2. The number of rotatable bonds is 18. The van der Waals surface area contributed by atoms with E-state index in [1.54, 1.807) is 27.0 Å². The molecule has 0 amide bonds. The summed E-state index contributed by atoms with van der Waals surface area (Å²) in [7, 11) is 5.64. The van der Waals surface area contributed by atoms with Crippen LogP contribution in [0.3, 0.4) is 0 Å². The number of carboxylic acids is 1. The number of carbonyl (C=O) groups excluding carboxylic acids is 3. The Morgan fingerprint density at radius 3 is 2.31 bits per heavy atom. The molecule has 5 rings (SSSR count). The maximum absolute atomic E-state index is 14.6. The van der Waals surface area contributed by atoms with Gasteiger partial charge < -0.3 is 19.9 Å². The number of ketones is 1. The second kappa shape index (κ2) is 17.7. The van der Waals surface area contributed by atoms with Crippen LogP contribution in [-0.2, 0) is 23.9 Å². The zero-order valence-electron chi connectivity index (χ0n) is 38.3. The number of allylic oxidation sites excluding steroid dienone is 3. The van der Waals surface area contributed by atoms with E-state index in [9.17, 15) is 24.3 Å². The van der Waals surface area contributed by atoms with Crippen molar-refractivity contribution in [1.82, 2.24) is 10.3 Å². The van der Waals surface area contributed by atoms with Gasteiger partial charge in [0.15, 0.2) is 5.78 Å². The number of esters is 1. The number of carboxylic acid groups (broad SMARTS) is 1. The molecule has 8 atom stereocenters. The Balaban J connectivity index is 1.53. The lowest BCUT2D eigenvalue weighted by Gasteiger charge is -2.70. The van der Waals surface area contributed by atoms with Gasteiger partial charge in [-0.1, -0.05) is 48.5 Å². The number of anilines is 1. The van der Waals surface area contributed by atoms with Gasteiger partial charge in [0.05, 0.1) is 31.2 Å². The Labute approximate surface area is 354 Å². The number of aliphatic carboxylic acids is 1. The zero-order valence-corrected chi connectivity index (χ0v) is 38.3. The SMILES string of the molecule is CCC(CCC1(C)C2CCC3C4=C(C(C)C)C(=O)CC4(/C(=C/C=O)N(CCNC)N(C)c4ccc(OC)cc4)CC[C@@]3(C)C2(C)CC[C@H]1C)OC(=O)CC(C)(C)C(=O)O. The third-order valence-electron chi connectivity index (χ3n) is 16.5. The van der Waals surface area contributed by atoms with E-state index in [1.807, 2.05) is 45.3 Å². The van der Waals surface area contributed by atoms with Gasteiger partial charge in [0.25, 0.3) is 0 Å². The number of methoxy groups -OCH3 is 1. The molecule has 0 spiro atoms. The summed E-state index contributed by atoms with van der Waals surface area (Å²) in [5, 5.41) is 17.3. The van der Waals surface area contributed by atoms with Crippen molar-refractivity contribution in [3.63, 3.8) is 0 Å². The highest BCUT2D eigenvalue weighted by molar-refractivity contribution is 6.01. The molecular weight excluding hydrogens is 743 g/mol. The fourth-order valence-electron chi connectivity index (χ4n) is 12.5. The number of hydrogen-bond donors (Lipinski definition) is 2. The van der Waals surface area contributed by atoms with E-state index >= 15 is 0 Å². The molecule has 3 fully saturated rings. The molecule has 1 aromatic carbocycles. The lowest BCUT2D eigenvalue weighted by Crippen LogP contribution is -2.62. The molecule has 2 N–H and O–H groups in total. The first-order valence-corrected chi connectivity index (χ1v) is 22.4. The Morgan fingerprint density at radius 2 is 1.73 bits per heavy atom. The quantitative estimate of drug-likeness (QED) is 0.0641. The van der Waals surface area contributed by atoms with Crippen LogP contribution in [-0.4, -0.2) is 74.5 Å². The lowest BCUT2D eigenvalue weighted by molar-refractivity contribution is -0.186. The molecule has 0 heterocycles. The molecule has 328 valence electrons. The van der Waals surface area contributed by atoms with Crippen molar-refractivity contribution in [2.45, 2.75) is 139 Å². The van der Waals surface area contributed by atoms with Gasteiger partial charge in [-0.05, 0) is 160 Å². The number of carbonyl (C=O) groups is 4. The summed E-state index contributed by atoms with van der Waals surface area (Å²) < 4.78 is 11.4. The summed E-state index contributed by atoms with van der Waals surface area (Å²) in [6.07, 6.45) is 11.0. The molecule has 3 saturated carbocycles. The van der Waals surface area contributed by atoms with E-state index in [0.717, 1.165) is 80.4 Å². The van der Waals surface area contributed by atoms with Crippen molar-refractivity contribution >= 4 is 29.7 Å². The molecule has 4 aliphatic rings. The summed E-state index contributed by atoms with van der Waals surface area (Å²) in [6, 6.07) is 7.97. The average Bonchev–Trinajstić information content (AvgIpc) is 3.50. The maximum Gasteiger partial charge on any atom is 0.309 e. The molecule has 0 bridgehead atoms. The molecule has 0 aromatic heterocycles. The normalized spacial score (nSPS) is 31.2. The number of hydrogen-bond acceptors (Lipinski definition) is 9. The monoisotopic (exact) mass is 818 g/mol. The second-order valence-corrected chi connectivity index (χ2v) is 20.2. The van der Waals surface area contributed by atoms with Crippen LogP contribution in [0.1, 0.15) is 133 Å². The Morgan fingerprint density at radius 1 is 1.05 bits per heavy atom. The average molecular weight is 818 g/mol. The summed E-state index contributed by atoms with van der Waals surface area (Å²) in [5.41, 5.74) is 2.28. The van der Waals surface area contributed by atoms with Crippen LogP contribution in [0.25, 0.3) is 0 Å². The van der Waals surface area contributed by atoms with Gasteiger partial charge >= 0.3 is 11.9 Å². The molecule has 4 aliphatic carbocycles. The van der Waals surface area contributed by atoms with Crippen LogP contribution in [0.2, 0.25) is 0 Å². The minimum atomic E-state index is -1.18. The van der Waals surface area contributed by atoms with E-state index in [4.69, 9.17) is 9.47 Å². The van der Waals surface area contributed by atoms with Crippen LogP contribution < -0.4 is 15.1 Å². The lowest BCUT2D eigenvalue weighted by atomic mass is 9.35. The summed E-state index contributed by atoms with van der Waals surface area (Å²) in [6.45, 7) is 20.8. The van der Waals surface area contributed by atoms with Crippen LogP contribution in [0.4, 0.5) is 5.69 Å². The van der Waals surface area contributed by atoms with Crippen molar-refractivity contribution in [3.05, 3.63) is 47.2 Å². The summed E-state index contributed by atoms with van der Waals surface area (Å²) >= 11 is 0. The van der Waals surface area contributed by atoms with Crippen LogP contribution in [0.15, 0.2) is 47.2 Å². The zero-order chi connectivity index (χ0) is 43.7. The van der Waals surface area contributed by atoms with Crippen molar-refractivity contribution < 1.29 is 33.8 Å². The van der Waals surface area contributed by atoms with Gasteiger partial charge in [-0.25, -0.2) is 0 Å². The fourth-order valence-corrected chi connectivity index (χ4v) is 12.5. The van der Waals surface area contributed by atoms with Crippen LogP contribution in [0, 0.1) is 50.7 Å². The van der Waals surface area contributed by atoms with Crippen molar-refractivity contribution in [2.75, 3.05) is 39.3 Å². The van der Waals surface area contributed by atoms with E-state index < -0.39 is 22.8 Å². The smallest absolute Gasteiger partial charge is 0.309 e. The number of likely N-dealkylation sites (N-methyl/N-ethyl adjacent to an activating group) is 1. The van der Waals surface area contributed by atoms with Gasteiger partial charge in [-0.2, -0.15) is 0 Å². The van der Waals surface area contributed by atoms with Gasteiger partial charge in [-0.15, -0.1) is 0 Å². The minimum Gasteiger partial charge on any atom is -0.497 e. The van der Waals surface area contributed by atoms with Crippen molar-refractivity contribution in [2.24, 2.45) is 50.7 Å². The number of fused-ring (bicyclic) bond motifs is 5. The number of hydrazine groups is 1. The molecule has 10 nitrogen and oxygen atoms in total.